The largest absolute Gasteiger partial charge is 0.381 e. The standard InChI is InChI=1S/C12H23N5OS/c1-10(2)7-13-4-5-17-12(14-15-16-17)19-9-11-3-6-18-8-11/h10-11,13H,3-9H2,1-2H3. The van der Waals surface area contributed by atoms with Gasteiger partial charge in [-0.2, -0.15) is 0 Å². The molecule has 108 valence electrons. The Morgan fingerprint density at radius 1 is 1.53 bits per heavy atom. The number of hydrogen-bond acceptors (Lipinski definition) is 6. The van der Waals surface area contributed by atoms with E-state index >= 15 is 0 Å². The quantitative estimate of drug-likeness (QED) is 0.569. The van der Waals surface area contributed by atoms with Crippen LogP contribution in [-0.2, 0) is 11.3 Å². The minimum absolute atomic E-state index is 0.647. The molecule has 0 radical (unpaired) electrons. The van der Waals surface area contributed by atoms with Gasteiger partial charge >= 0.3 is 0 Å². The average molecular weight is 285 g/mol. The highest BCUT2D eigenvalue weighted by molar-refractivity contribution is 7.99. The van der Waals surface area contributed by atoms with Crippen molar-refractivity contribution in [3.05, 3.63) is 0 Å². The van der Waals surface area contributed by atoms with E-state index < -0.39 is 0 Å². The van der Waals surface area contributed by atoms with Gasteiger partial charge in [0, 0.05) is 18.9 Å². The van der Waals surface area contributed by atoms with Gasteiger partial charge < -0.3 is 10.1 Å². The number of hydrogen-bond donors (Lipinski definition) is 1. The van der Waals surface area contributed by atoms with Gasteiger partial charge in [-0.1, -0.05) is 25.6 Å². The lowest BCUT2D eigenvalue weighted by Gasteiger charge is -2.09. The Morgan fingerprint density at radius 2 is 2.42 bits per heavy atom. The van der Waals surface area contributed by atoms with Crippen LogP contribution in [-0.4, -0.2) is 52.3 Å². The van der Waals surface area contributed by atoms with Gasteiger partial charge in [0.05, 0.1) is 13.2 Å². The highest BCUT2D eigenvalue weighted by atomic mass is 32.2. The summed E-state index contributed by atoms with van der Waals surface area (Å²) < 4.78 is 7.26. The van der Waals surface area contributed by atoms with Gasteiger partial charge in [-0.25, -0.2) is 4.68 Å². The second-order valence-corrected chi connectivity index (χ2v) is 6.31. The molecular formula is C12H23N5OS. The average Bonchev–Trinajstić information content (AvgIpc) is 3.03. The van der Waals surface area contributed by atoms with Crippen LogP contribution < -0.4 is 5.32 Å². The molecule has 7 heteroatoms. The molecule has 2 rings (SSSR count). The third-order valence-electron chi connectivity index (χ3n) is 3.02. The molecular weight excluding hydrogens is 262 g/mol. The highest BCUT2D eigenvalue weighted by Gasteiger charge is 2.17. The van der Waals surface area contributed by atoms with Crippen LogP contribution in [0.15, 0.2) is 5.16 Å². The lowest BCUT2D eigenvalue weighted by atomic mass is 10.2. The molecule has 0 spiro atoms. The SMILES string of the molecule is CC(C)CNCCn1nnnc1SCC1CCOC1. The summed E-state index contributed by atoms with van der Waals surface area (Å²) in [4.78, 5) is 0. The number of rotatable bonds is 8. The molecule has 0 aromatic carbocycles. The summed E-state index contributed by atoms with van der Waals surface area (Å²) in [6.45, 7) is 8.94. The Balaban J connectivity index is 1.70. The molecule has 0 saturated carbocycles. The molecule has 1 atom stereocenters. The van der Waals surface area contributed by atoms with Gasteiger partial charge in [-0.15, -0.1) is 5.10 Å². The number of aromatic nitrogens is 4. The molecule has 1 aromatic rings. The predicted molar refractivity (Wildman–Crippen MR) is 75.2 cm³/mol. The summed E-state index contributed by atoms with van der Waals surface area (Å²) >= 11 is 1.73. The first kappa shape index (κ1) is 14.7. The van der Waals surface area contributed by atoms with E-state index in [4.69, 9.17) is 4.74 Å². The normalized spacial score (nSPS) is 19.4. The molecule has 1 fully saturated rings. The number of ether oxygens (including phenoxy) is 1. The van der Waals surface area contributed by atoms with Crippen molar-refractivity contribution in [3.8, 4) is 0 Å². The van der Waals surface area contributed by atoms with E-state index in [1.54, 1.807) is 11.8 Å². The van der Waals surface area contributed by atoms with Crippen LogP contribution in [0.4, 0.5) is 0 Å². The van der Waals surface area contributed by atoms with Gasteiger partial charge in [0.2, 0.25) is 5.16 Å². The summed E-state index contributed by atoms with van der Waals surface area (Å²) in [6.07, 6.45) is 1.16. The summed E-state index contributed by atoms with van der Waals surface area (Å²) in [6, 6.07) is 0. The lowest BCUT2D eigenvalue weighted by molar-refractivity contribution is 0.189. The molecule has 0 bridgehead atoms. The number of thioether (sulfide) groups is 1. The zero-order valence-corrected chi connectivity index (χ0v) is 12.5. The van der Waals surface area contributed by atoms with Crippen LogP contribution in [0.3, 0.4) is 0 Å². The first-order chi connectivity index (χ1) is 9.25. The fraction of sp³-hybridized carbons (Fsp3) is 0.917. The second kappa shape index (κ2) is 7.81. The Morgan fingerprint density at radius 3 is 3.16 bits per heavy atom. The van der Waals surface area contributed by atoms with Crippen molar-refractivity contribution in [2.24, 2.45) is 11.8 Å². The van der Waals surface area contributed by atoms with Gasteiger partial charge in [-0.3, -0.25) is 0 Å². The second-order valence-electron chi connectivity index (χ2n) is 5.32. The molecule has 1 saturated heterocycles. The van der Waals surface area contributed by atoms with Crippen LogP contribution in [0.5, 0.6) is 0 Å². The summed E-state index contributed by atoms with van der Waals surface area (Å²) in [5.74, 6) is 2.36. The highest BCUT2D eigenvalue weighted by Crippen LogP contribution is 2.22. The van der Waals surface area contributed by atoms with Crippen LogP contribution in [0, 0.1) is 11.8 Å². The van der Waals surface area contributed by atoms with Crippen molar-refractivity contribution in [3.63, 3.8) is 0 Å². The third-order valence-corrected chi connectivity index (χ3v) is 4.21. The van der Waals surface area contributed by atoms with Crippen molar-refractivity contribution in [1.29, 1.82) is 0 Å². The maximum atomic E-state index is 5.38. The van der Waals surface area contributed by atoms with Crippen LogP contribution in [0.2, 0.25) is 0 Å². The monoisotopic (exact) mass is 285 g/mol. The van der Waals surface area contributed by atoms with Gasteiger partial charge in [0.1, 0.15) is 0 Å². The molecule has 1 unspecified atom stereocenters. The first-order valence-corrected chi connectivity index (χ1v) is 7.91. The van der Waals surface area contributed by atoms with Crippen LogP contribution in [0.1, 0.15) is 20.3 Å². The summed E-state index contributed by atoms with van der Waals surface area (Å²) in [5.41, 5.74) is 0. The van der Waals surface area contributed by atoms with Crippen LogP contribution >= 0.6 is 11.8 Å². The molecule has 1 aromatic heterocycles. The molecule has 6 nitrogen and oxygen atoms in total. The topological polar surface area (TPSA) is 64.9 Å². The Kier molecular flexibility index (Phi) is 6.06. The Bertz CT molecular complexity index is 365. The minimum Gasteiger partial charge on any atom is -0.381 e. The van der Waals surface area contributed by atoms with Crippen molar-refractivity contribution < 1.29 is 4.74 Å². The van der Waals surface area contributed by atoms with Crippen molar-refractivity contribution in [1.82, 2.24) is 25.5 Å². The van der Waals surface area contributed by atoms with E-state index in [1.165, 1.54) is 0 Å². The molecule has 1 aliphatic rings. The number of nitrogens with zero attached hydrogens (tertiary/aromatic N) is 4. The van der Waals surface area contributed by atoms with Gasteiger partial charge in [0.15, 0.2) is 0 Å². The fourth-order valence-electron chi connectivity index (χ4n) is 1.92. The molecule has 1 N–H and O–H groups in total. The maximum Gasteiger partial charge on any atom is 0.209 e. The van der Waals surface area contributed by atoms with E-state index in [-0.39, 0.29) is 0 Å². The van der Waals surface area contributed by atoms with Gasteiger partial charge in [-0.05, 0) is 35.2 Å². The summed E-state index contributed by atoms with van der Waals surface area (Å²) in [5, 5.41) is 16.2. The van der Waals surface area contributed by atoms with E-state index in [0.717, 1.165) is 50.2 Å². The molecule has 19 heavy (non-hydrogen) atoms. The zero-order chi connectivity index (χ0) is 13.5. The molecule has 2 heterocycles. The molecule has 0 aliphatic carbocycles. The van der Waals surface area contributed by atoms with E-state index in [1.807, 2.05) is 4.68 Å². The third kappa shape index (κ3) is 5.08. The number of tetrazole rings is 1. The first-order valence-electron chi connectivity index (χ1n) is 6.93. The lowest BCUT2D eigenvalue weighted by Crippen LogP contribution is -2.24. The van der Waals surface area contributed by atoms with Crippen molar-refractivity contribution in [2.45, 2.75) is 32.0 Å². The maximum absolute atomic E-state index is 5.38. The predicted octanol–water partition coefficient (Wildman–Crippen LogP) is 1.05. The van der Waals surface area contributed by atoms with Crippen LogP contribution in [0.25, 0.3) is 0 Å². The van der Waals surface area contributed by atoms with E-state index in [9.17, 15) is 0 Å². The van der Waals surface area contributed by atoms with E-state index in [0.29, 0.717) is 11.8 Å². The fourth-order valence-corrected chi connectivity index (χ4v) is 2.94. The Labute approximate surface area is 118 Å². The van der Waals surface area contributed by atoms with E-state index in [2.05, 4.69) is 34.7 Å². The van der Waals surface area contributed by atoms with Crippen molar-refractivity contribution in [2.75, 3.05) is 32.1 Å². The number of nitrogens with one attached hydrogen (secondary N) is 1. The zero-order valence-electron chi connectivity index (χ0n) is 11.7. The smallest absolute Gasteiger partial charge is 0.209 e. The molecule has 0 amide bonds. The Hall–Kier alpha value is -0.660. The summed E-state index contributed by atoms with van der Waals surface area (Å²) in [7, 11) is 0. The van der Waals surface area contributed by atoms with Gasteiger partial charge in [0.25, 0.3) is 0 Å². The molecule has 1 aliphatic heterocycles. The minimum atomic E-state index is 0.647. The van der Waals surface area contributed by atoms with Crippen molar-refractivity contribution >= 4 is 11.8 Å².